The van der Waals surface area contributed by atoms with Gasteiger partial charge >= 0.3 is 5.97 Å². The van der Waals surface area contributed by atoms with Gasteiger partial charge in [-0.2, -0.15) is 0 Å². The van der Waals surface area contributed by atoms with Gasteiger partial charge in [0, 0.05) is 4.90 Å². The summed E-state index contributed by atoms with van der Waals surface area (Å²) in [7, 11) is 0. The molecule has 0 fully saturated rings. The monoisotopic (exact) mass is 222 g/mol. The molecule has 0 bridgehead atoms. The molecule has 0 heterocycles. The van der Waals surface area contributed by atoms with Gasteiger partial charge in [-0.1, -0.05) is 6.07 Å². The van der Waals surface area contributed by atoms with Crippen molar-refractivity contribution < 1.29 is 9.90 Å². The molecule has 0 radical (unpaired) electrons. The molecule has 80 valence electrons. The van der Waals surface area contributed by atoms with E-state index in [2.05, 4.69) is 12.1 Å². The maximum Gasteiger partial charge on any atom is 0.316 e. The molecule has 1 aliphatic carbocycles. The molecule has 0 saturated carbocycles. The van der Waals surface area contributed by atoms with Crippen LogP contribution in [-0.2, 0) is 17.6 Å². The van der Waals surface area contributed by atoms with E-state index in [1.165, 1.54) is 35.7 Å². The van der Waals surface area contributed by atoms with Crippen molar-refractivity contribution in [2.45, 2.75) is 36.3 Å². The summed E-state index contributed by atoms with van der Waals surface area (Å²) in [6.45, 7) is 1.72. The predicted octanol–water partition coefficient (Wildman–Crippen LogP) is 2.74. The van der Waals surface area contributed by atoms with Gasteiger partial charge in [0.15, 0.2) is 0 Å². The fraction of sp³-hybridized carbons (Fsp3) is 0.417. The number of carboxylic acid groups (broad SMARTS) is 1. The number of thioether (sulfide) groups is 1. The SMILES string of the molecule is CC(Sc1ccc2c(c1)CCC2)C(=O)O. The molecule has 0 aliphatic heterocycles. The molecule has 0 aromatic heterocycles. The summed E-state index contributed by atoms with van der Waals surface area (Å²) < 4.78 is 0. The van der Waals surface area contributed by atoms with Gasteiger partial charge in [0.05, 0.1) is 0 Å². The lowest BCUT2D eigenvalue weighted by Gasteiger charge is -2.07. The van der Waals surface area contributed by atoms with E-state index in [1.54, 1.807) is 6.92 Å². The highest BCUT2D eigenvalue weighted by molar-refractivity contribution is 8.00. The first kappa shape index (κ1) is 10.6. The number of carboxylic acids is 1. The lowest BCUT2D eigenvalue weighted by molar-refractivity contribution is -0.136. The Kier molecular flexibility index (Phi) is 3.00. The van der Waals surface area contributed by atoms with E-state index < -0.39 is 5.97 Å². The molecular formula is C12H14O2S. The van der Waals surface area contributed by atoms with Crippen molar-refractivity contribution in [1.82, 2.24) is 0 Å². The number of fused-ring (bicyclic) bond motifs is 1. The molecule has 2 nitrogen and oxygen atoms in total. The molecule has 0 spiro atoms. The van der Waals surface area contributed by atoms with E-state index in [4.69, 9.17) is 5.11 Å². The van der Waals surface area contributed by atoms with Crippen molar-refractivity contribution in [2.24, 2.45) is 0 Å². The molecular weight excluding hydrogens is 208 g/mol. The lowest BCUT2D eigenvalue weighted by Crippen LogP contribution is -2.10. The number of rotatable bonds is 3. The van der Waals surface area contributed by atoms with Crippen LogP contribution in [0, 0.1) is 0 Å². The summed E-state index contributed by atoms with van der Waals surface area (Å²) in [6, 6.07) is 6.32. The van der Waals surface area contributed by atoms with Crippen LogP contribution in [0.2, 0.25) is 0 Å². The lowest BCUT2D eigenvalue weighted by atomic mass is 10.1. The van der Waals surface area contributed by atoms with Gasteiger partial charge in [0.2, 0.25) is 0 Å². The number of carbonyl (C=O) groups is 1. The van der Waals surface area contributed by atoms with Crippen LogP contribution in [0.25, 0.3) is 0 Å². The largest absolute Gasteiger partial charge is 0.480 e. The zero-order valence-corrected chi connectivity index (χ0v) is 9.51. The molecule has 1 aliphatic rings. The Labute approximate surface area is 93.7 Å². The molecule has 1 aromatic carbocycles. The molecule has 1 aromatic rings. The van der Waals surface area contributed by atoms with Crippen LogP contribution in [0.5, 0.6) is 0 Å². The van der Waals surface area contributed by atoms with Crippen molar-refractivity contribution in [1.29, 1.82) is 0 Å². The first-order valence-electron chi connectivity index (χ1n) is 5.18. The minimum atomic E-state index is -0.750. The van der Waals surface area contributed by atoms with Gasteiger partial charge in [-0.25, -0.2) is 0 Å². The minimum absolute atomic E-state index is 0.371. The van der Waals surface area contributed by atoms with E-state index >= 15 is 0 Å². The van der Waals surface area contributed by atoms with Crippen molar-refractivity contribution in [2.75, 3.05) is 0 Å². The Hall–Kier alpha value is -0.960. The fourth-order valence-corrected chi connectivity index (χ4v) is 2.74. The second kappa shape index (κ2) is 4.27. The molecule has 1 N–H and O–H groups in total. The molecule has 0 amide bonds. The number of hydrogen-bond acceptors (Lipinski definition) is 2. The van der Waals surface area contributed by atoms with Crippen molar-refractivity contribution in [3.8, 4) is 0 Å². The van der Waals surface area contributed by atoms with Crippen LogP contribution in [0.3, 0.4) is 0 Å². The van der Waals surface area contributed by atoms with Crippen molar-refractivity contribution >= 4 is 17.7 Å². The average Bonchev–Trinajstić information content (AvgIpc) is 2.64. The molecule has 1 atom stereocenters. The molecule has 3 heteroatoms. The summed E-state index contributed by atoms with van der Waals surface area (Å²) in [5, 5.41) is 8.45. The molecule has 2 rings (SSSR count). The van der Waals surface area contributed by atoms with E-state index in [0.29, 0.717) is 0 Å². The van der Waals surface area contributed by atoms with Gasteiger partial charge in [-0.05, 0) is 49.4 Å². The molecule has 1 unspecified atom stereocenters. The van der Waals surface area contributed by atoms with Crippen LogP contribution in [0.4, 0.5) is 0 Å². The van der Waals surface area contributed by atoms with Crippen LogP contribution in [-0.4, -0.2) is 16.3 Å². The van der Waals surface area contributed by atoms with E-state index in [-0.39, 0.29) is 5.25 Å². The first-order valence-corrected chi connectivity index (χ1v) is 6.06. The number of aliphatic carboxylic acids is 1. The second-order valence-electron chi connectivity index (χ2n) is 3.88. The standard InChI is InChI=1S/C12H14O2S/c1-8(12(13)14)15-11-6-5-9-3-2-4-10(9)7-11/h5-8H,2-4H2,1H3,(H,13,14). The van der Waals surface area contributed by atoms with Crippen LogP contribution in [0.15, 0.2) is 23.1 Å². The highest BCUT2D eigenvalue weighted by Crippen LogP contribution is 2.29. The molecule has 15 heavy (non-hydrogen) atoms. The van der Waals surface area contributed by atoms with Gasteiger partial charge in [-0.15, -0.1) is 11.8 Å². The normalized spacial score (nSPS) is 16.1. The summed E-state index contributed by atoms with van der Waals surface area (Å²) in [5.74, 6) is -0.750. The van der Waals surface area contributed by atoms with Crippen molar-refractivity contribution in [3.63, 3.8) is 0 Å². The maximum atomic E-state index is 10.7. The smallest absolute Gasteiger partial charge is 0.316 e. The Bertz CT molecular complexity index is 387. The molecule has 0 saturated heterocycles. The van der Waals surface area contributed by atoms with E-state index in [9.17, 15) is 4.79 Å². The summed E-state index contributed by atoms with van der Waals surface area (Å²) in [4.78, 5) is 11.8. The van der Waals surface area contributed by atoms with Gasteiger partial charge in [-0.3, -0.25) is 4.79 Å². The fourth-order valence-electron chi connectivity index (χ4n) is 1.88. The van der Waals surface area contributed by atoms with Gasteiger partial charge in [0.25, 0.3) is 0 Å². The predicted molar refractivity (Wildman–Crippen MR) is 61.4 cm³/mol. The first-order chi connectivity index (χ1) is 7.16. The Morgan fingerprint density at radius 3 is 2.87 bits per heavy atom. The topological polar surface area (TPSA) is 37.3 Å². The van der Waals surface area contributed by atoms with Crippen LogP contribution < -0.4 is 0 Å². The van der Waals surface area contributed by atoms with Crippen molar-refractivity contribution in [3.05, 3.63) is 29.3 Å². The Balaban J connectivity index is 2.13. The van der Waals surface area contributed by atoms with Crippen LogP contribution in [0.1, 0.15) is 24.5 Å². The second-order valence-corrected chi connectivity index (χ2v) is 5.30. The third-order valence-electron chi connectivity index (χ3n) is 2.73. The Morgan fingerprint density at radius 1 is 1.40 bits per heavy atom. The highest BCUT2D eigenvalue weighted by Gasteiger charge is 2.15. The Morgan fingerprint density at radius 2 is 2.13 bits per heavy atom. The maximum absolute atomic E-state index is 10.7. The van der Waals surface area contributed by atoms with E-state index in [1.807, 2.05) is 6.07 Å². The number of aryl methyl sites for hydroxylation is 2. The quantitative estimate of drug-likeness (QED) is 0.799. The van der Waals surface area contributed by atoms with Gasteiger partial charge in [0.1, 0.15) is 5.25 Å². The summed E-state index contributed by atoms with van der Waals surface area (Å²) in [5.41, 5.74) is 2.83. The number of benzene rings is 1. The van der Waals surface area contributed by atoms with E-state index in [0.717, 1.165) is 11.3 Å². The zero-order valence-electron chi connectivity index (χ0n) is 8.69. The minimum Gasteiger partial charge on any atom is -0.480 e. The van der Waals surface area contributed by atoms with Gasteiger partial charge < -0.3 is 5.11 Å². The average molecular weight is 222 g/mol. The third kappa shape index (κ3) is 2.34. The van der Waals surface area contributed by atoms with Crippen LogP contribution >= 0.6 is 11.8 Å². The third-order valence-corrected chi connectivity index (χ3v) is 3.81. The summed E-state index contributed by atoms with van der Waals surface area (Å²) in [6.07, 6.45) is 3.55. The highest BCUT2D eigenvalue weighted by atomic mass is 32.2. The number of hydrogen-bond donors (Lipinski definition) is 1. The summed E-state index contributed by atoms with van der Waals surface area (Å²) >= 11 is 1.42. The zero-order chi connectivity index (χ0) is 10.8.